The molecule has 2 heterocycles. The Morgan fingerprint density at radius 1 is 1.10 bits per heavy atom. The highest BCUT2D eigenvalue weighted by Crippen LogP contribution is 2.40. The number of ketones is 1. The lowest BCUT2D eigenvalue weighted by Crippen LogP contribution is -2.29. The Labute approximate surface area is 174 Å². The molecule has 2 aromatic carbocycles. The maximum absolute atomic E-state index is 13.3. The number of carbonyl (C=O) groups is 2. The van der Waals surface area contributed by atoms with E-state index >= 15 is 0 Å². The third kappa shape index (κ3) is 3.61. The van der Waals surface area contributed by atoms with E-state index in [0.717, 1.165) is 4.47 Å². The number of likely N-dealkylation sites (tertiary alicyclic amines) is 1. The van der Waals surface area contributed by atoms with Gasteiger partial charge in [-0.2, -0.15) is 0 Å². The van der Waals surface area contributed by atoms with E-state index in [0.29, 0.717) is 11.3 Å². The third-order valence-electron chi connectivity index (χ3n) is 4.73. The van der Waals surface area contributed by atoms with E-state index in [2.05, 4.69) is 15.9 Å². The van der Waals surface area contributed by atoms with Crippen molar-refractivity contribution in [2.45, 2.75) is 12.6 Å². The van der Waals surface area contributed by atoms with Crippen LogP contribution in [-0.4, -0.2) is 21.7 Å². The molecule has 1 amide bonds. The molecule has 0 aliphatic carbocycles. The van der Waals surface area contributed by atoms with Crippen LogP contribution in [0.25, 0.3) is 5.76 Å². The van der Waals surface area contributed by atoms with Gasteiger partial charge >= 0.3 is 0 Å². The van der Waals surface area contributed by atoms with Crippen LogP contribution < -0.4 is 0 Å². The lowest BCUT2D eigenvalue weighted by Gasteiger charge is -2.24. The monoisotopic (exact) mass is 455 g/mol. The van der Waals surface area contributed by atoms with Crippen LogP contribution in [0.15, 0.2) is 81.4 Å². The molecule has 0 bridgehead atoms. The zero-order valence-corrected chi connectivity index (χ0v) is 16.6. The number of furan rings is 1. The maximum atomic E-state index is 13.3. The fourth-order valence-electron chi connectivity index (χ4n) is 3.40. The predicted octanol–water partition coefficient (Wildman–Crippen LogP) is 4.80. The summed E-state index contributed by atoms with van der Waals surface area (Å²) in [6, 6.07) is 14.8. The molecule has 7 heteroatoms. The molecule has 3 aromatic rings. The van der Waals surface area contributed by atoms with Gasteiger partial charge in [-0.3, -0.25) is 9.59 Å². The van der Waals surface area contributed by atoms with E-state index in [1.54, 1.807) is 30.3 Å². The summed E-state index contributed by atoms with van der Waals surface area (Å²) >= 11 is 3.40. The van der Waals surface area contributed by atoms with Gasteiger partial charge in [0.05, 0.1) is 24.4 Å². The standard InChI is InChI=1S/C22H15BrFNO4/c23-15-4-1-3-14(11-15)19-18(20(26)13-6-8-16(24)9-7-13)21(27)22(28)25(19)12-17-5-2-10-29-17/h1-11,19,26H,12H2/t19-/m0/s1. The first kappa shape index (κ1) is 19.1. The summed E-state index contributed by atoms with van der Waals surface area (Å²) in [4.78, 5) is 27.0. The number of halogens is 2. The molecule has 29 heavy (non-hydrogen) atoms. The number of carbonyl (C=O) groups excluding carboxylic acids is 2. The van der Waals surface area contributed by atoms with Crippen LogP contribution in [0.3, 0.4) is 0 Å². The van der Waals surface area contributed by atoms with Crippen LogP contribution in [0.4, 0.5) is 4.39 Å². The van der Waals surface area contributed by atoms with Crippen molar-refractivity contribution in [3.8, 4) is 0 Å². The van der Waals surface area contributed by atoms with Crippen molar-refractivity contribution in [2.75, 3.05) is 0 Å². The molecule has 5 nitrogen and oxygen atoms in total. The first-order chi connectivity index (χ1) is 14.0. The summed E-state index contributed by atoms with van der Waals surface area (Å²) in [6.07, 6.45) is 1.48. The van der Waals surface area contributed by atoms with Crippen LogP contribution in [-0.2, 0) is 16.1 Å². The van der Waals surface area contributed by atoms with Gasteiger partial charge in [0, 0.05) is 10.0 Å². The third-order valence-corrected chi connectivity index (χ3v) is 5.22. The summed E-state index contributed by atoms with van der Waals surface area (Å²) in [5.41, 5.74) is 0.849. The minimum atomic E-state index is -0.817. The molecule has 4 rings (SSSR count). The summed E-state index contributed by atoms with van der Waals surface area (Å²) in [7, 11) is 0. The van der Waals surface area contributed by atoms with E-state index in [-0.39, 0.29) is 23.4 Å². The average molecular weight is 456 g/mol. The van der Waals surface area contributed by atoms with Crippen LogP contribution in [0.1, 0.15) is 22.9 Å². The normalized spacial score (nSPS) is 18.4. The quantitative estimate of drug-likeness (QED) is 0.348. The zero-order valence-electron chi connectivity index (χ0n) is 15.0. The van der Waals surface area contributed by atoms with Crippen molar-refractivity contribution in [3.05, 3.63) is 99.7 Å². The second kappa shape index (κ2) is 7.67. The molecule has 146 valence electrons. The highest BCUT2D eigenvalue weighted by molar-refractivity contribution is 9.10. The van der Waals surface area contributed by atoms with E-state index in [1.807, 2.05) is 6.07 Å². The van der Waals surface area contributed by atoms with Gasteiger partial charge in [0.15, 0.2) is 0 Å². The SMILES string of the molecule is O=C1C(=O)N(Cc2ccco2)[C@@H](c2cccc(Br)c2)C1=C(O)c1ccc(F)cc1. The topological polar surface area (TPSA) is 70.8 Å². The number of rotatable bonds is 4. The minimum Gasteiger partial charge on any atom is -0.507 e. The lowest BCUT2D eigenvalue weighted by molar-refractivity contribution is -0.140. The van der Waals surface area contributed by atoms with Crippen LogP contribution >= 0.6 is 15.9 Å². The molecule has 1 aliphatic rings. The number of amides is 1. The molecule has 1 aliphatic heterocycles. The summed E-state index contributed by atoms with van der Waals surface area (Å²) in [6.45, 7) is 0.0644. The van der Waals surface area contributed by atoms with Crippen molar-refractivity contribution in [1.82, 2.24) is 4.90 Å². The Morgan fingerprint density at radius 3 is 2.52 bits per heavy atom. The number of aliphatic hydroxyl groups excluding tert-OH is 1. The number of hydrogen-bond acceptors (Lipinski definition) is 4. The van der Waals surface area contributed by atoms with Gasteiger partial charge in [-0.15, -0.1) is 0 Å². The van der Waals surface area contributed by atoms with Gasteiger partial charge in [0.2, 0.25) is 0 Å². The summed E-state index contributed by atoms with van der Waals surface area (Å²) < 4.78 is 19.4. The van der Waals surface area contributed by atoms with E-state index in [1.165, 1.54) is 35.4 Å². The highest BCUT2D eigenvalue weighted by Gasteiger charge is 2.46. The zero-order chi connectivity index (χ0) is 20.5. The first-order valence-electron chi connectivity index (χ1n) is 8.78. The van der Waals surface area contributed by atoms with Crippen molar-refractivity contribution < 1.29 is 23.5 Å². The van der Waals surface area contributed by atoms with Gasteiger partial charge in [-0.25, -0.2) is 4.39 Å². The Kier molecular flexibility index (Phi) is 5.07. The second-order valence-corrected chi connectivity index (χ2v) is 7.48. The number of aliphatic hydroxyl groups is 1. The summed E-state index contributed by atoms with van der Waals surface area (Å²) in [5.74, 6) is -1.86. The van der Waals surface area contributed by atoms with Crippen LogP contribution in [0, 0.1) is 5.82 Å². The van der Waals surface area contributed by atoms with Gasteiger partial charge in [0.1, 0.15) is 17.3 Å². The van der Waals surface area contributed by atoms with E-state index in [4.69, 9.17) is 4.42 Å². The van der Waals surface area contributed by atoms with Gasteiger partial charge in [-0.05, 0) is 54.1 Å². The van der Waals surface area contributed by atoms with Crippen molar-refractivity contribution in [3.63, 3.8) is 0 Å². The Hall–Kier alpha value is -3.19. The number of benzene rings is 2. The molecule has 1 fully saturated rings. The molecular formula is C22H15BrFNO4. The van der Waals surface area contributed by atoms with Crippen molar-refractivity contribution in [2.24, 2.45) is 0 Å². The minimum absolute atomic E-state index is 0.0498. The van der Waals surface area contributed by atoms with E-state index < -0.39 is 23.5 Å². The second-order valence-electron chi connectivity index (χ2n) is 6.57. The molecule has 1 saturated heterocycles. The molecule has 1 atom stereocenters. The smallest absolute Gasteiger partial charge is 0.296 e. The van der Waals surface area contributed by atoms with Crippen LogP contribution in [0.5, 0.6) is 0 Å². The molecule has 0 saturated carbocycles. The Balaban J connectivity index is 1.87. The molecular weight excluding hydrogens is 441 g/mol. The van der Waals surface area contributed by atoms with Crippen LogP contribution in [0.2, 0.25) is 0 Å². The summed E-state index contributed by atoms with van der Waals surface area (Å²) in [5, 5.41) is 10.9. The first-order valence-corrected chi connectivity index (χ1v) is 9.57. The Morgan fingerprint density at radius 2 is 1.86 bits per heavy atom. The molecule has 0 spiro atoms. The fraction of sp³-hybridized carbons (Fsp3) is 0.0909. The molecule has 1 aromatic heterocycles. The maximum Gasteiger partial charge on any atom is 0.296 e. The van der Waals surface area contributed by atoms with Crippen molar-refractivity contribution in [1.29, 1.82) is 0 Å². The Bertz CT molecular complexity index is 1110. The predicted molar refractivity (Wildman–Crippen MR) is 107 cm³/mol. The lowest BCUT2D eigenvalue weighted by atomic mass is 9.95. The largest absolute Gasteiger partial charge is 0.507 e. The van der Waals surface area contributed by atoms with Gasteiger partial charge in [0.25, 0.3) is 11.7 Å². The number of hydrogen-bond donors (Lipinski definition) is 1. The van der Waals surface area contributed by atoms with Gasteiger partial charge < -0.3 is 14.4 Å². The molecule has 1 N–H and O–H groups in total. The molecule has 0 radical (unpaired) electrons. The van der Waals surface area contributed by atoms with Gasteiger partial charge in [-0.1, -0.05) is 28.1 Å². The highest BCUT2D eigenvalue weighted by atomic mass is 79.9. The number of nitrogens with zero attached hydrogens (tertiary/aromatic N) is 1. The number of Topliss-reactive ketones (excluding diaryl/α,β-unsaturated/α-hetero) is 1. The van der Waals surface area contributed by atoms with Crippen molar-refractivity contribution >= 4 is 33.4 Å². The molecule has 0 unspecified atom stereocenters. The fourth-order valence-corrected chi connectivity index (χ4v) is 3.82. The van der Waals surface area contributed by atoms with E-state index in [9.17, 15) is 19.1 Å². The average Bonchev–Trinajstić information content (AvgIpc) is 3.30.